The summed E-state index contributed by atoms with van der Waals surface area (Å²) in [5.74, 6) is 0. The fourth-order valence-electron chi connectivity index (χ4n) is 1.65. The molecule has 0 radical (unpaired) electrons. The number of rotatable bonds is 6. The first kappa shape index (κ1) is 21.2. The molecule has 116 valence electrons. The maximum atomic E-state index is 8.00. The standard InChI is InChI=1S/C10H14O.C7H16.CH2O/c1-8-4-6-10(7-5-8)9(2)11-3;1-3-5-7-6-4-2;1-2/h4-7,9H,1-3H3;3-7H2,1-2H3;1H2. The van der Waals surface area contributed by atoms with Crippen molar-refractivity contribution in [1.29, 1.82) is 0 Å². The van der Waals surface area contributed by atoms with Crippen LogP contribution in [0.3, 0.4) is 0 Å². The highest BCUT2D eigenvalue weighted by Crippen LogP contribution is 2.15. The molecule has 0 spiro atoms. The Kier molecular flexibility index (Phi) is 16.8. The second-order valence-electron chi connectivity index (χ2n) is 4.85. The van der Waals surface area contributed by atoms with Crippen molar-refractivity contribution in [2.45, 2.75) is 65.9 Å². The third kappa shape index (κ3) is 11.9. The van der Waals surface area contributed by atoms with Crippen LogP contribution in [-0.2, 0) is 9.53 Å². The van der Waals surface area contributed by atoms with E-state index in [0.717, 1.165) is 0 Å². The molecule has 0 bridgehead atoms. The van der Waals surface area contributed by atoms with E-state index in [0.29, 0.717) is 0 Å². The molecule has 0 aliphatic carbocycles. The number of benzene rings is 1. The quantitative estimate of drug-likeness (QED) is 0.644. The van der Waals surface area contributed by atoms with Gasteiger partial charge in [0.05, 0.1) is 6.10 Å². The van der Waals surface area contributed by atoms with Crippen LogP contribution < -0.4 is 0 Å². The van der Waals surface area contributed by atoms with Crippen LogP contribution in [0.15, 0.2) is 24.3 Å². The number of methoxy groups -OCH3 is 1. The number of carbonyl (C=O) groups is 1. The summed E-state index contributed by atoms with van der Waals surface area (Å²) in [6.07, 6.45) is 7.21. The summed E-state index contributed by atoms with van der Waals surface area (Å²) in [6.45, 7) is 10.6. The first-order valence-corrected chi connectivity index (χ1v) is 7.53. The molecule has 1 aromatic rings. The van der Waals surface area contributed by atoms with Gasteiger partial charge >= 0.3 is 0 Å². The second kappa shape index (κ2) is 15.9. The zero-order valence-electron chi connectivity index (χ0n) is 13.9. The van der Waals surface area contributed by atoms with Crippen LogP contribution >= 0.6 is 0 Å². The Hall–Kier alpha value is -1.15. The third-order valence-electron chi connectivity index (χ3n) is 3.11. The fourth-order valence-corrected chi connectivity index (χ4v) is 1.65. The average molecular weight is 280 g/mol. The lowest BCUT2D eigenvalue weighted by atomic mass is 10.1. The lowest BCUT2D eigenvalue weighted by molar-refractivity contribution is -0.0979. The first-order valence-electron chi connectivity index (χ1n) is 7.53. The predicted octanol–water partition coefficient (Wildman–Crippen LogP) is 5.49. The van der Waals surface area contributed by atoms with Crippen molar-refractivity contribution in [3.05, 3.63) is 35.4 Å². The van der Waals surface area contributed by atoms with Gasteiger partial charge in [-0.05, 0) is 19.4 Å². The molecule has 2 heteroatoms. The minimum absolute atomic E-state index is 0.204. The van der Waals surface area contributed by atoms with Gasteiger partial charge in [-0.2, -0.15) is 0 Å². The van der Waals surface area contributed by atoms with E-state index in [9.17, 15) is 0 Å². The SMILES string of the molecule is C=O.CCCCCCC.COC(C)c1ccc(C)cc1. The normalized spacial score (nSPS) is 10.7. The molecule has 0 heterocycles. The highest BCUT2D eigenvalue weighted by Gasteiger charge is 2.00. The van der Waals surface area contributed by atoms with Gasteiger partial charge in [0, 0.05) is 7.11 Å². The number of ether oxygens (including phenoxy) is 1. The van der Waals surface area contributed by atoms with Crippen molar-refractivity contribution >= 4 is 6.79 Å². The Morgan fingerprint density at radius 2 is 1.45 bits per heavy atom. The second-order valence-corrected chi connectivity index (χ2v) is 4.85. The van der Waals surface area contributed by atoms with E-state index in [-0.39, 0.29) is 6.10 Å². The third-order valence-corrected chi connectivity index (χ3v) is 3.11. The Morgan fingerprint density at radius 3 is 1.80 bits per heavy atom. The van der Waals surface area contributed by atoms with Gasteiger partial charge in [0.1, 0.15) is 6.79 Å². The zero-order valence-corrected chi connectivity index (χ0v) is 13.9. The number of aryl methyl sites for hydroxylation is 1. The van der Waals surface area contributed by atoms with Gasteiger partial charge in [0.15, 0.2) is 0 Å². The van der Waals surface area contributed by atoms with Crippen LogP contribution in [0.1, 0.15) is 70.1 Å². The molecule has 2 nitrogen and oxygen atoms in total. The molecule has 0 saturated heterocycles. The monoisotopic (exact) mass is 280 g/mol. The Labute approximate surface area is 125 Å². The summed E-state index contributed by atoms with van der Waals surface area (Å²) < 4.78 is 5.18. The van der Waals surface area contributed by atoms with Crippen molar-refractivity contribution in [1.82, 2.24) is 0 Å². The van der Waals surface area contributed by atoms with Gasteiger partial charge in [-0.15, -0.1) is 0 Å². The fraction of sp³-hybridized carbons (Fsp3) is 0.611. The summed E-state index contributed by atoms with van der Waals surface area (Å²) in [5.41, 5.74) is 2.52. The molecular formula is C18H32O2. The lowest BCUT2D eigenvalue weighted by Gasteiger charge is -2.08. The van der Waals surface area contributed by atoms with Gasteiger partial charge in [0.25, 0.3) is 0 Å². The lowest BCUT2D eigenvalue weighted by Crippen LogP contribution is -1.94. The summed E-state index contributed by atoms with van der Waals surface area (Å²) in [6, 6.07) is 8.41. The summed E-state index contributed by atoms with van der Waals surface area (Å²) in [5, 5.41) is 0. The minimum atomic E-state index is 0.204. The molecule has 0 aliphatic heterocycles. The van der Waals surface area contributed by atoms with E-state index >= 15 is 0 Å². The largest absolute Gasteiger partial charge is 0.377 e. The summed E-state index contributed by atoms with van der Waals surface area (Å²) in [7, 11) is 1.73. The van der Waals surface area contributed by atoms with Gasteiger partial charge in [0.2, 0.25) is 0 Å². The molecule has 0 saturated carbocycles. The van der Waals surface area contributed by atoms with E-state index in [1.807, 2.05) is 13.7 Å². The topological polar surface area (TPSA) is 26.3 Å². The number of carbonyl (C=O) groups excluding carboxylic acids is 1. The van der Waals surface area contributed by atoms with E-state index < -0.39 is 0 Å². The number of unbranched alkanes of at least 4 members (excludes halogenated alkanes) is 4. The van der Waals surface area contributed by atoms with Crippen molar-refractivity contribution in [3.8, 4) is 0 Å². The summed E-state index contributed by atoms with van der Waals surface area (Å²) in [4.78, 5) is 8.00. The van der Waals surface area contributed by atoms with Gasteiger partial charge < -0.3 is 9.53 Å². The highest BCUT2D eigenvalue weighted by molar-refractivity contribution is 5.22. The molecule has 0 amide bonds. The molecule has 0 aromatic heterocycles. The van der Waals surface area contributed by atoms with E-state index in [4.69, 9.17) is 9.53 Å². The van der Waals surface area contributed by atoms with Crippen LogP contribution in [0.25, 0.3) is 0 Å². The Balaban J connectivity index is 0. The molecule has 0 aliphatic rings. The molecule has 1 unspecified atom stereocenters. The Morgan fingerprint density at radius 1 is 1.00 bits per heavy atom. The molecule has 1 rings (SSSR count). The predicted molar refractivity (Wildman–Crippen MR) is 88.2 cm³/mol. The van der Waals surface area contributed by atoms with Gasteiger partial charge in [-0.3, -0.25) is 0 Å². The van der Waals surface area contributed by atoms with E-state index in [1.54, 1.807) is 7.11 Å². The maximum absolute atomic E-state index is 8.00. The molecule has 0 N–H and O–H groups in total. The number of hydrogen-bond donors (Lipinski definition) is 0. The first-order chi connectivity index (χ1) is 9.65. The zero-order chi connectivity index (χ0) is 15.8. The Bertz CT molecular complexity index is 289. The average Bonchev–Trinajstić information content (AvgIpc) is 2.50. The van der Waals surface area contributed by atoms with Crippen molar-refractivity contribution in [2.24, 2.45) is 0 Å². The van der Waals surface area contributed by atoms with E-state index in [2.05, 4.69) is 45.0 Å². The molecular weight excluding hydrogens is 248 g/mol. The molecule has 1 aromatic carbocycles. The minimum Gasteiger partial charge on any atom is -0.377 e. The van der Waals surface area contributed by atoms with Crippen LogP contribution in [0.2, 0.25) is 0 Å². The molecule has 1 atom stereocenters. The van der Waals surface area contributed by atoms with Crippen molar-refractivity contribution in [3.63, 3.8) is 0 Å². The van der Waals surface area contributed by atoms with Gasteiger partial charge in [-0.1, -0.05) is 75.8 Å². The molecule has 20 heavy (non-hydrogen) atoms. The molecule has 0 fully saturated rings. The van der Waals surface area contributed by atoms with Gasteiger partial charge in [-0.25, -0.2) is 0 Å². The van der Waals surface area contributed by atoms with Crippen LogP contribution in [0.4, 0.5) is 0 Å². The highest BCUT2D eigenvalue weighted by atomic mass is 16.5. The summed E-state index contributed by atoms with van der Waals surface area (Å²) >= 11 is 0. The van der Waals surface area contributed by atoms with E-state index in [1.165, 1.54) is 43.2 Å². The van der Waals surface area contributed by atoms with Crippen molar-refractivity contribution in [2.75, 3.05) is 7.11 Å². The van der Waals surface area contributed by atoms with Crippen LogP contribution in [0, 0.1) is 6.92 Å². The van der Waals surface area contributed by atoms with Crippen LogP contribution in [0.5, 0.6) is 0 Å². The number of hydrogen-bond acceptors (Lipinski definition) is 2. The van der Waals surface area contributed by atoms with Crippen LogP contribution in [-0.4, -0.2) is 13.9 Å². The smallest absolute Gasteiger partial charge is 0.106 e. The van der Waals surface area contributed by atoms with Crippen molar-refractivity contribution < 1.29 is 9.53 Å². The maximum Gasteiger partial charge on any atom is 0.106 e.